The summed E-state index contributed by atoms with van der Waals surface area (Å²) in [5.41, 5.74) is 4.51. The number of fused-ring (bicyclic) bond motifs is 1. The number of Topliss-reactive ketones (excluding diaryl/α,β-unsaturated/α-hetero) is 1. The summed E-state index contributed by atoms with van der Waals surface area (Å²) in [6.07, 6.45) is 1.15. The van der Waals surface area contributed by atoms with Gasteiger partial charge in [-0.15, -0.1) is 0 Å². The van der Waals surface area contributed by atoms with Crippen molar-refractivity contribution in [3.63, 3.8) is 0 Å². The number of allylic oxidation sites excluding steroid dienone is 1. The van der Waals surface area contributed by atoms with Crippen LogP contribution in [0.3, 0.4) is 0 Å². The number of ether oxygens (including phenoxy) is 2. The summed E-state index contributed by atoms with van der Waals surface area (Å²) >= 11 is 5.69. The second-order valence-corrected chi connectivity index (χ2v) is 8.56. The predicted molar refractivity (Wildman–Crippen MR) is 133 cm³/mol. The van der Waals surface area contributed by atoms with E-state index in [2.05, 4.69) is 22.8 Å². The van der Waals surface area contributed by atoms with E-state index in [1.807, 2.05) is 66.7 Å². The molecule has 1 aliphatic carbocycles. The van der Waals surface area contributed by atoms with Gasteiger partial charge in [0, 0.05) is 24.4 Å². The van der Waals surface area contributed by atoms with E-state index in [-0.39, 0.29) is 18.5 Å². The lowest BCUT2D eigenvalue weighted by Crippen LogP contribution is -2.31. The van der Waals surface area contributed by atoms with Crippen molar-refractivity contribution in [2.75, 3.05) is 12.1 Å². The lowest BCUT2D eigenvalue weighted by molar-refractivity contribution is -0.115. The van der Waals surface area contributed by atoms with Gasteiger partial charge in [-0.25, -0.2) is 0 Å². The third kappa shape index (κ3) is 4.76. The highest BCUT2D eigenvalue weighted by molar-refractivity contribution is 7.81. The highest BCUT2D eigenvalue weighted by Gasteiger charge is 2.31. The number of thiocarbonyl (C=S) groups is 1. The first kappa shape index (κ1) is 21.2. The maximum absolute atomic E-state index is 13.3. The van der Waals surface area contributed by atoms with E-state index >= 15 is 0 Å². The molecule has 1 aliphatic heterocycles. The van der Waals surface area contributed by atoms with Crippen molar-refractivity contribution in [2.24, 2.45) is 0 Å². The van der Waals surface area contributed by atoms with Crippen LogP contribution in [-0.4, -0.2) is 17.6 Å². The molecule has 0 spiro atoms. The van der Waals surface area contributed by atoms with Crippen LogP contribution in [0.25, 0.3) is 0 Å². The molecule has 3 aromatic carbocycles. The maximum atomic E-state index is 13.3. The molecule has 3 aromatic rings. The molecule has 0 amide bonds. The van der Waals surface area contributed by atoms with Crippen molar-refractivity contribution >= 4 is 28.7 Å². The SMILES string of the molecule is O=C1C[C@@H](c2ccccc2)CC(NCc2ccc3c(c2)OCO3)=C1C(=S)Nc1ccccc1. The average molecular weight is 457 g/mol. The highest BCUT2D eigenvalue weighted by Crippen LogP contribution is 2.35. The lowest BCUT2D eigenvalue weighted by atomic mass is 9.81. The first-order valence-electron chi connectivity index (χ1n) is 11.0. The zero-order chi connectivity index (χ0) is 22.6. The number of ketones is 1. The fourth-order valence-electron chi connectivity index (χ4n) is 4.27. The molecule has 1 heterocycles. The van der Waals surface area contributed by atoms with E-state index in [0.29, 0.717) is 29.9 Å². The van der Waals surface area contributed by atoms with Crippen LogP contribution in [-0.2, 0) is 11.3 Å². The number of carbonyl (C=O) groups is 1. The number of carbonyl (C=O) groups excluding carboxylic acids is 1. The summed E-state index contributed by atoms with van der Waals surface area (Å²) in [4.78, 5) is 13.8. The molecule has 33 heavy (non-hydrogen) atoms. The second kappa shape index (κ2) is 9.46. The molecule has 0 unspecified atom stereocenters. The number of para-hydroxylation sites is 1. The Balaban J connectivity index is 1.42. The van der Waals surface area contributed by atoms with Crippen LogP contribution in [0, 0.1) is 0 Å². The quantitative estimate of drug-likeness (QED) is 0.488. The van der Waals surface area contributed by atoms with Gasteiger partial charge in [-0.05, 0) is 47.7 Å². The zero-order valence-corrected chi connectivity index (χ0v) is 18.9. The number of nitrogens with one attached hydrogen (secondary N) is 2. The average Bonchev–Trinajstić information content (AvgIpc) is 3.31. The molecule has 5 rings (SSSR count). The first-order valence-corrected chi connectivity index (χ1v) is 11.4. The predicted octanol–water partition coefficient (Wildman–Crippen LogP) is 5.35. The molecule has 0 fully saturated rings. The van der Waals surface area contributed by atoms with Crippen molar-refractivity contribution in [1.29, 1.82) is 0 Å². The molecule has 5 nitrogen and oxygen atoms in total. The van der Waals surface area contributed by atoms with Crippen LogP contribution < -0.4 is 20.1 Å². The normalized spacial score (nSPS) is 17.1. The van der Waals surface area contributed by atoms with Gasteiger partial charge in [0.05, 0.1) is 5.57 Å². The van der Waals surface area contributed by atoms with Crippen LogP contribution >= 0.6 is 12.2 Å². The summed E-state index contributed by atoms with van der Waals surface area (Å²) in [6.45, 7) is 0.798. The van der Waals surface area contributed by atoms with Crippen molar-refractivity contribution in [2.45, 2.75) is 25.3 Å². The summed E-state index contributed by atoms with van der Waals surface area (Å²) < 4.78 is 10.9. The van der Waals surface area contributed by atoms with E-state index < -0.39 is 0 Å². The number of benzene rings is 3. The minimum atomic E-state index is 0.0525. The smallest absolute Gasteiger partial charge is 0.231 e. The van der Waals surface area contributed by atoms with Gasteiger partial charge in [-0.2, -0.15) is 0 Å². The summed E-state index contributed by atoms with van der Waals surface area (Å²) in [5.74, 6) is 1.66. The van der Waals surface area contributed by atoms with E-state index in [9.17, 15) is 4.79 Å². The highest BCUT2D eigenvalue weighted by atomic mass is 32.1. The first-order chi connectivity index (χ1) is 16.2. The lowest BCUT2D eigenvalue weighted by Gasteiger charge is -2.28. The zero-order valence-electron chi connectivity index (χ0n) is 18.0. The van der Waals surface area contributed by atoms with Crippen molar-refractivity contribution < 1.29 is 14.3 Å². The largest absolute Gasteiger partial charge is 0.454 e. The molecule has 0 bridgehead atoms. The monoisotopic (exact) mass is 456 g/mol. The summed E-state index contributed by atoms with van der Waals surface area (Å²) in [7, 11) is 0. The van der Waals surface area contributed by atoms with Crippen molar-refractivity contribution in [1.82, 2.24) is 5.32 Å². The van der Waals surface area contributed by atoms with Gasteiger partial charge >= 0.3 is 0 Å². The molecule has 0 saturated carbocycles. The third-order valence-corrected chi connectivity index (χ3v) is 6.24. The minimum absolute atomic E-state index is 0.0525. The molecule has 0 saturated heterocycles. The van der Waals surface area contributed by atoms with Crippen LogP contribution in [0.5, 0.6) is 11.5 Å². The molecular formula is C27H24N2O3S. The number of rotatable bonds is 6. The van der Waals surface area contributed by atoms with Gasteiger partial charge in [-0.3, -0.25) is 4.79 Å². The standard InChI is InChI=1S/C27H24N2O3S/c30-23-15-20(19-7-3-1-4-8-19)14-22(26(23)27(33)29-21-9-5-2-6-10-21)28-16-18-11-12-24-25(13-18)32-17-31-24/h1-13,20,28H,14-17H2,(H,29,33)/t20-/m0/s1. The van der Waals surface area contributed by atoms with Crippen molar-refractivity contribution in [3.8, 4) is 11.5 Å². The van der Waals surface area contributed by atoms with E-state index in [4.69, 9.17) is 21.7 Å². The molecule has 166 valence electrons. The Kier molecular flexibility index (Phi) is 6.09. The molecular weight excluding hydrogens is 432 g/mol. The van der Waals surface area contributed by atoms with Gasteiger partial charge in [-0.1, -0.05) is 66.8 Å². The fourth-order valence-corrected chi connectivity index (χ4v) is 4.63. The number of anilines is 1. The number of hydrogen-bond donors (Lipinski definition) is 2. The van der Waals surface area contributed by atoms with E-state index in [1.54, 1.807) is 0 Å². The molecule has 6 heteroatoms. The molecule has 0 aromatic heterocycles. The van der Waals surface area contributed by atoms with E-state index in [1.165, 1.54) is 0 Å². The fraction of sp³-hybridized carbons (Fsp3) is 0.185. The summed E-state index contributed by atoms with van der Waals surface area (Å²) in [6, 6.07) is 25.8. The van der Waals surface area contributed by atoms with Gasteiger partial charge < -0.3 is 20.1 Å². The van der Waals surface area contributed by atoms with Crippen LogP contribution in [0.1, 0.15) is 29.9 Å². The molecule has 1 atom stereocenters. The Morgan fingerprint density at radius 2 is 1.64 bits per heavy atom. The second-order valence-electron chi connectivity index (χ2n) is 8.15. The topological polar surface area (TPSA) is 59.6 Å². The Hall–Kier alpha value is -3.64. The van der Waals surface area contributed by atoms with Crippen molar-refractivity contribution in [3.05, 3.63) is 101 Å². The Bertz CT molecular complexity index is 1210. The molecule has 2 aliphatic rings. The van der Waals surface area contributed by atoms with E-state index in [0.717, 1.165) is 34.0 Å². The Labute approximate surface area is 198 Å². The molecule has 0 radical (unpaired) electrons. The van der Waals surface area contributed by atoms with Crippen LogP contribution in [0.4, 0.5) is 5.69 Å². The minimum Gasteiger partial charge on any atom is -0.454 e. The van der Waals surface area contributed by atoms with Gasteiger partial charge in [0.2, 0.25) is 6.79 Å². The maximum Gasteiger partial charge on any atom is 0.231 e. The Morgan fingerprint density at radius 3 is 2.42 bits per heavy atom. The number of hydrogen-bond acceptors (Lipinski definition) is 5. The van der Waals surface area contributed by atoms with Crippen LogP contribution in [0.15, 0.2) is 90.1 Å². The summed E-state index contributed by atoms with van der Waals surface area (Å²) in [5, 5.41) is 6.75. The Morgan fingerprint density at radius 1 is 0.909 bits per heavy atom. The van der Waals surface area contributed by atoms with Gasteiger partial charge in [0.15, 0.2) is 17.3 Å². The van der Waals surface area contributed by atoms with Gasteiger partial charge in [0.25, 0.3) is 0 Å². The van der Waals surface area contributed by atoms with Crippen LogP contribution in [0.2, 0.25) is 0 Å². The molecule has 2 N–H and O–H groups in total. The van der Waals surface area contributed by atoms with Gasteiger partial charge in [0.1, 0.15) is 4.99 Å². The third-order valence-electron chi connectivity index (χ3n) is 5.94.